The Morgan fingerprint density at radius 1 is 1.25 bits per heavy atom. The molecule has 0 radical (unpaired) electrons. The van der Waals surface area contributed by atoms with Crippen LogP contribution in [-0.2, 0) is 0 Å². The van der Waals surface area contributed by atoms with Gasteiger partial charge in [0.25, 0.3) is 5.91 Å². The van der Waals surface area contributed by atoms with Crippen molar-refractivity contribution in [1.29, 1.82) is 0 Å². The Balaban J connectivity index is 2.19. The zero-order valence-corrected chi connectivity index (χ0v) is 12.3. The van der Waals surface area contributed by atoms with Gasteiger partial charge in [-0.25, -0.2) is 4.39 Å². The molecule has 0 heterocycles. The van der Waals surface area contributed by atoms with Crippen molar-refractivity contribution in [1.82, 2.24) is 0 Å². The van der Waals surface area contributed by atoms with E-state index in [1.54, 1.807) is 18.2 Å². The van der Waals surface area contributed by atoms with Gasteiger partial charge in [0.2, 0.25) is 0 Å². The molecule has 20 heavy (non-hydrogen) atoms. The van der Waals surface area contributed by atoms with E-state index in [9.17, 15) is 9.18 Å². The molecule has 0 atom stereocenters. The molecular formula is C14H13BrFN3O. The molecule has 4 nitrogen and oxygen atoms in total. The summed E-state index contributed by atoms with van der Waals surface area (Å²) in [5, 5.41) is 2.70. The summed E-state index contributed by atoms with van der Waals surface area (Å²) >= 11 is 3.07. The van der Waals surface area contributed by atoms with Crippen LogP contribution in [0.1, 0.15) is 15.9 Å². The molecule has 4 N–H and O–H groups in total. The van der Waals surface area contributed by atoms with E-state index in [-0.39, 0.29) is 11.7 Å². The maximum absolute atomic E-state index is 13.1. The van der Waals surface area contributed by atoms with Crippen LogP contribution >= 0.6 is 15.9 Å². The second kappa shape index (κ2) is 6.02. The van der Waals surface area contributed by atoms with Gasteiger partial charge in [0.15, 0.2) is 0 Å². The maximum atomic E-state index is 13.1. The number of anilines is 2. The molecule has 0 unspecified atom stereocenters. The van der Waals surface area contributed by atoms with Crippen molar-refractivity contribution in [2.75, 3.05) is 10.7 Å². The highest BCUT2D eigenvalue weighted by atomic mass is 79.9. The van der Waals surface area contributed by atoms with Gasteiger partial charge < -0.3 is 10.7 Å². The van der Waals surface area contributed by atoms with Crippen LogP contribution in [0.3, 0.4) is 0 Å². The number of hydrazine groups is 1. The lowest BCUT2D eigenvalue weighted by Crippen LogP contribution is -2.13. The minimum Gasteiger partial charge on any atom is -0.324 e. The molecule has 2 rings (SSSR count). The van der Waals surface area contributed by atoms with E-state index >= 15 is 0 Å². The molecule has 0 fully saturated rings. The Labute approximate surface area is 124 Å². The second-order valence-electron chi connectivity index (χ2n) is 4.26. The van der Waals surface area contributed by atoms with Crippen LogP contribution in [0.4, 0.5) is 15.8 Å². The maximum Gasteiger partial charge on any atom is 0.255 e. The average Bonchev–Trinajstić information content (AvgIpc) is 2.42. The Morgan fingerprint density at radius 2 is 2.00 bits per heavy atom. The number of carbonyl (C=O) groups excluding carboxylic acids is 1. The highest BCUT2D eigenvalue weighted by Gasteiger charge is 2.09. The number of nitrogens with two attached hydrogens (primary N) is 1. The molecule has 1 amide bonds. The lowest BCUT2D eigenvalue weighted by molar-refractivity contribution is 0.102. The molecule has 104 valence electrons. The number of nitrogen functional groups attached to an aromatic ring is 1. The third-order valence-corrected chi connectivity index (χ3v) is 3.43. The molecule has 0 spiro atoms. The standard InChI is InChI=1S/C14H13BrFN3O/c1-8-6-9(2-5-13(8)19-17)14(20)18-10-3-4-12(16)11(15)7-10/h2-7,19H,17H2,1H3,(H,18,20). The lowest BCUT2D eigenvalue weighted by Gasteiger charge is -2.09. The number of aryl methyl sites for hydroxylation is 1. The topological polar surface area (TPSA) is 67.2 Å². The highest BCUT2D eigenvalue weighted by molar-refractivity contribution is 9.10. The Morgan fingerprint density at radius 3 is 2.60 bits per heavy atom. The van der Waals surface area contributed by atoms with Gasteiger partial charge in [-0.05, 0) is 64.8 Å². The van der Waals surface area contributed by atoms with E-state index in [4.69, 9.17) is 5.84 Å². The van der Waals surface area contributed by atoms with E-state index in [2.05, 4.69) is 26.7 Å². The Bertz CT molecular complexity index is 661. The molecule has 0 saturated heterocycles. The minimum atomic E-state index is -0.378. The third-order valence-electron chi connectivity index (χ3n) is 2.82. The van der Waals surface area contributed by atoms with Gasteiger partial charge in [-0.1, -0.05) is 0 Å². The first-order chi connectivity index (χ1) is 9.51. The van der Waals surface area contributed by atoms with Gasteiger partial charge in [0.05, 0.1) is 10.2 Å². The summed E-state index contributed by atoms with van der Waals surface area (Å²) in [4.78, 5) is 12.1. The average molecular weight is 338 g/mol. The largest absolute Gasteiger partial charge is 0.324 e. The smallest absolute Gasteiger partial charge is 0.255 e. The summed E-state index contributed by atoms with van der Waals surface area (Å²) in [7, 11) is 0. The lowest BCUT2D eigenvalue weighted by atomic mass is 10.1. The number of benzene rings is 2. The fourth-order valence-corrected chi connectivity index (χ4v) is 2.12. The van der Waals surface area contributed by atoms with E-state index in [1.165, 1.54) is 18.2 Å². The Hall–Kier alpha value is -1.92. The first-order valence-corrected chi connectivity index (χ1v) is 6.64. The first-order valence-electron chi connectivity index (χ1n) is 5.85. The van der Waals surface area contributed by atoms with Crippen molar-refractivity contribution in [3.8, 4) is 0 Å². The van der Waals surface area contributed by atoms with Crippen molar-refractivity contribution < 1.29 is 9.18 Å². The summed E-state index contributed by atoms with van der Waals surface area (Å²) in [5.41, 5.74) is 5.18. The van der Waals surface area contributed by atoms with Crippen molar-refractivity contribution in [3.05, 3.63) is 57.8 Å². The molecule has 6 heteroatoms. The third kappa shape index (κ3) is 3.15. The molecule has 2 aromatic rings. The van der Waals surface area contributed by atoms with Gasteiger partial charge in [0.1, 0.15) is 5.82 Å². The number of halogens is 2. The number of nitrogens with one attached hydrogen (secondary N) is 2. The molecule has 0 aliphatic heterocycles. The Kier molecular flexibility index (Phi) is 4.36. The molecule has 0 aliphatic carbocycles. The molecular weight excluding hydrogens is 325 g/mol. The van der Waals surface area contributed by atoms with E-state index in [0.717, 1.165) is 11.3 Å². The van der Waals surface area contributed by atoms with Gasteiger partial charge in [0, 0.05) is 11.3 Å². The second-order valence-corrected chi connectivity index (χ2v) is 5.11. The van der Waals surface area contributed by atoms with Gasteiger partial charge in [-0.15, -0.1) is 0 Å². The number of hydrogen-bond donors (Lipinski definition) is 3. The normalized spacial score (nSPS) is 10.2. The van der Waals surface area contributed by atoms with Crippen LogP contribution in [0.15, 0.2) is 40.9 Å². The van der Waals surface area contributed by atoms with Crippen LogP contribution < -0.4 is 16.6 Å². The van der Waals surface area contributed by atoms with Crippen LogP contribution in [0.2, 0.25) is 0 Å². The van der Waals surface area contributed by atoms with Crippen LogP contribution in [-0.4, -0.2) is 5.91 Å². The summed E-state index contributed by atoms with van der Waals surface area (Å²) in [6, 6.07) is 9.41. The van der Waals surface area contributed by atoms with E-state index < -0.39 is 0 Å². The van der Waals surface area contributed by atoms with E-state index in [1.807, 2.05) is 6.92 Å². The fraction of sp³-hybridized carbons (Fsp3) is 0.0714. The zero-order chi connectivity index (χ0) is 14.7. The number of hydrogen-bond acceptors (Lipinski definition) is 3. The molecule has 0 bridgehead atoms. The predicted molar refractivity (Wildman–Crippen MR) is 81.0 cm³/mol. The van der Waals surface area contributed by atoms with Gasteiger partial charge in [-0.3, -0.25) is 10.6 Å². The van der Waals surface area contributed by atoms with Gasteiger partial charge >= 0.3 is 0 Å². The first kappa shape index (κ1) is 14.5. The minimum absolute atomic E-state index is 0.268. The summed E-state index contributed by atoms with van der Waals surface area (Å²) in [5.74, 6) is 4.69. The molecule has 0 aromatic heterocycles. The van der Waals surface area contributed by atoms with Gasteiger partial charge in [-0.2, -0.15) is 0 Å². The van der Waals surface area contributed by atoms with Crippen LogP contribution in [0.25, 0.3) is 0 Å². The van der Waals surface area contributed by atoms with Crippen molar-refractivity contribution in [2.24, 2.45) is 5.84 Å². The summed E-state index contributed by atoms with van der Waals surface area (Å²) in [6.45, 7) is 1.85. The van der Waals surface area contributed by atoms with E-state index in [0.29, 0.717) is 15.7 Å². The highest BCUT2D eigenvalue weighted by Crippen LogP contribution is 2.21. The SMILES string of the molecule is Cc1cc(C(=O)Nc2ccc(F)c(Br)c2)ccc1NN. The summed E-state index contributed by atoms with van der Waals surface area (Å²) < 4.78 is 13.4. The number of carbonyl (C=O) groups is 1. The zero-order valence-electron chi connectivity index (χ0n) is 10.7. The predicted octanol–water partition coefficient (Wildman–Crippen LogP) is 3.43. The molecule has 0 aliphatic rings. The van der Waals surface area contributed by atoms with Crippen LogP contribution in [0, 0.1) is 12.7 Å². The molecule has 0 saturated carbocycles. The molecule has 2 aromatic carbocycles. The van der Waals surface area contributed by atoms with Crippen molar-refractivity contribution in [2.45, 2.75) is 6.92 Å². The quantitative estimate of drug-likeness (QED) is 0.593. The van der Waals surface area contributed by atoms with Crippen molar-refractivity contribution >= 4 is 33.2 Å². The monoisotopic (exact) mass is 337 g/mol. The fourth-order valence-electron chi connectivity index (χ4n) is 1.74. The number of amides is 1. The summed E-state index contributed by atoms with van der Waals surface area (Å²) in [6.07, 6.45) is 0. The van der Waals surface area contributed by atoms with Crippen molar-refractivity contribution in [3.63, 3.8) is 0 Å². The van der Waals surface area contributed by atoms with Crippen LogP contribution in [0.5, 0.6) is 0 Å². The number of rotatable bonds is 3.